The van der Waals surface area contributed by atoms with Crippen LogP contribution >= 0.6 is 11.3 Å². The maximum atomic E-state index is 13.1. The number of thiophene rings is 1. The molecular formula is C16H8F2N4O4S. The van der Waals surface area contributed by atoms with Gasteiger partial charge in [-0.1, -0.05) is 11.2 Å². The molecule has 1 aromatic carbocycles. The third kappa shape index (κ3) is 2.77. The van der Waals surface area contributed by atoms with Crippen LogP contribution in [0.4, 0.5) is 14.7 Å². The van der Waals surface area contributed by atoms with Gasteiger partial charge in [0.1, 0.15) is 0 Å². The highest BCUT2D eigenvalue weighted by Gasteiger charge is 2.43. The van der Waals surface area contributed by atoms with Crippen LogP contribution < -0.4 is 14.8 Å². The van der Waals surface area contributed by atoms with Crippen LogP contribution in [0.1, 0.15) is 10.5 Å². The summed E-state index contributed by atoms with van der Waals surface area (Å²) >= 11 is 1.46. The summed E-state index contributed by atoms with van der Waals surface area (Å²) in [6, 6.07) is 7.83. The Morgan fingerprint density at radius 2 is 2.04 bits per heavy atom. The van der Waals surface area contributed by atoms with E-state index in [4.69, 9.17) is 4.52 Å². The Balaban J connectivity index is 1.38. The van der Waals surface area contributed by atoms with Gasteiger partial charge < -0.3 is 19.0 Å². The van der Waals surface area contributed by atoms with E-state index in [1.54, 1.807) is 0 Å². The quantitative estimate of drug-likeness (QED) is 0.551. The second-order valence-electron chi connectivity index (χ2n) is 5.58. The lowest BCUT2D eigenvalue weighted by Crippen LogP contribution is -2.25. The van der Waals surface area contributed by atoms with Crippen LogP contribution in [0.5, 0.6) is 11.5 Å². The fraction of sp³-hybridized carbons (Fsp3) is 0.0625. The summed E-state index contributed by atoms with van der Waals surface area (Å²) in [4.78, 5) is 20.1. The first kappa shape index (κ1) is 15.8. The van der Waals surface area contributed by atoms with Crippen molar-refractivity contribution >= 4 is 34.2 Å². The minimum atomic E-state index is -3.70. The maximum absolute atomic E-state index is 13.1. The molecule has 0 saturated heterocycles. The SMILES string of the molecule is O=C(Nc1nc2cc3c(cc2[nH]1)OC(F)(F)O3)c1cc(-c2cccs2)on1. The molecule has 136 valence electrons. The highest BCUT2D eigenvalue weighted by atomic mass is 32.1. The monoisotopic (exact) mass is 390 g/mol. The average Bonchev–Trinajstić information content (AvgIpc) is 3.36. The summed E-state index contributed by atoms with van der Waals surface area (Å²) in [6.07, 6.45) is -3.70. The largest absolute Gasteiger partial charge is 0.586 e. The summed E-state index contributed by atoms with van der Waals surface area (Å²) < 4.78 is 40.1. The van der Waals surface area contributed by atoms with E-state index in [1.165, 1.54) is 29.5 Å². The number of rotatable bonds is 3. The topological polar surface area (TPSA) is 102 Å². The van der Waals surface area contributed by atoms with Crippen molar-refractivity contribution in [2.24, 2.45) is 0 Å². The van der Waals surface area contributed by atoms with Crippen LogP contribution in [0.3, 0.4) is 0 Å². The molecule has 0 aliphatic carbocycles. The van der Waals surface area contributed by atoms with Crippen molar-refractivity contribution in [3.05, 3.63) is 41.4 Å². The maximum Gasteiger partial charge on any atom is 0.586 e. The van der Waals surface area contributed by atoms with Crippen LogP contribution in [0.2, 0.25) is 0 Å². The van der Waals surface area contributed by atoms with E-state index in [0.717, 1.165) is 4.88 Å². The highest BCUT2D eigenvalue weighted by Crippen LogP contribution is 2.42. The number of carbonyl (C=O) groups is 1. The zero-order chi connectivity index (χ0) is 18.6. The third-order valence-corrected chi connectivity index (χ3v) is 4.63. The van der Waals surface area contributed by atoms with E-state index in [-0.39, 0.29) is 23.1 Å². The smallest absolute Gasteiger partial charge is 0.395 e. The molecule has 0 saturated carbocycles. The fourth-order valence-corrected chi connectivity index (χ4v) is 3.28. The molecule has 27 heavy (non-hydrogen) atoms. The molecule has 3 aromatic heterocycles. The Morgan fingerprint density at radius 3 is 2.81 bits per heavy atom. The Kier molecular flexibility index (Phi) is 3.22. The van der Waals surface area contributed by atoms with Crippen molar-refractivity contribution in [3.8, 4) is 22.1 Å². The molecule has 11 heteroatoms. The molecule has 4 heterocycles. The van der Waals surface area contributed by atoms with Gasteiger partial charge in [-0.25, -0.2) is 4.98 Å². The number of ether oxygens (including phenoxy) is 2. The summed E-state index contributed by atoms with van der Waals surface area (Å²) in [6.45, 7) is 0. The number of anilines is 1. The van der Waals surface area contributed by atoms with Crippen LogP contribution in [0.15, 0.2) is 40.2 Å². The van der Waals surface area contributed by atoms with Crippen LogP contribution in [-0.4, -0.2) is 27.3 Å². The van der Waals surface area contributed by atoms with E-state index in [1.807, 2.05) is 17.5 Å². The third-order valence-electron chi connectivity index (χ3n) is 3.74. The normalized spacial score (nSPS) is 14.6. The van der Waals surface area contributed by atoms with Gasteiger partial charge in [0.25, 0.3) is 5.91 Å². The summed E-state index contributed by atoms with van der Waals surface area (Å²) in [7, 11) is 0. The van der Waals surface area contributed by atoms with Crippen LogP contribution in [-0.2, 0) is 0 Å². The number of hydrogen-bond acceptors (Lipinski definition) is 7. The van der Waals surface area contributed by atoms with Crippen LogP contribution in [0.25, 0.3) is 21.7 Å². The second kappa shape index (κ2) is 5.51. The lowest BCUT2D eigenvalue weighted by molar-refractivity contribution is -0.286. The highest BCUT2D eigenvalue weighted by molar-refractivity contribution is 7.13. The van der Waals surface area contributed by atoms with Crippen molar-refractivity contribution in [1.29, 1.82) is 0 Å². The molecule has 5 rings (SSSR count). The van der Waals surface area contributed by atoms with Gasteiger partial charge in [-0.15, -0.1) is 20.1 Å². The number of aromatic nitrogens is 3. The fourth-order valence-electron chi connectivity index (χ4n) is 2.60. The van der Waals surface area contributed by atoms with E-state index < -0.39 is 12.2 Å². The van der Waals surface area contributed by atoms with Gasteiger partial charge in [-0.2, -0.15) is 0 Å². The van der Waals surface area contributed by atoms with Crippen molar-refractivity contribution < 1.29 is 27.6 Å². The zero-order valence-corrected chi connectivity index (χ0v) is 14.0. The zero-order valence-electron chi connectivity index (χ0n) is 13.2. The number of imidazole rings is 1. The summed E-state index contributed by atoms with van der Waals surface area (Å²) in [5.74, 6) is -0.190. The Hall–Kier alpha value is -3.47. The molecular weight excluding hydrogens is 382 g/mol. The number of amides is 1. The molecule has 1 amide bonds. The van der Waals surface area contributed by atoms with E-state index >= 15 is 0 Å². The van der Waals surface area contributed by atoms with Gasteiger partial charge in [0.2, 0.25) is 5.95 Å². The molecule has 1 aliphatic heterocycles. The summed E-state index contributed by atoms with van der Waals surface area (Å²) in [5, 5.41) is 8.17. The van der Waals surface area contributed by atoms with Crippen molar-refractivity contribution in [1.82, 2.24) is 15.1 Å². The molecule has 0 unspecified atom stereocenters. The molecule has 0 bridgehead atoms. The number of halogens is 2. The predicted octanol–water partition coefficient (Wildman–Crippen LogP) is 3.85. The van der Waals surface area contributed by atoms with E-state index in [0.29, 0.717) is 16.8 Å². The van der Waals surface area contributed by atoms with Gasteiger partial charge >= 0.3 is 6.29 Å². The van der Waals surface area contributed by atoms with E-state index in [9.17, 15) is 13.6 Å². The Labute approximate surface area is 152 Å². The van der Waals surface area contributed by atoms with Gasteiger partial charge in [0.15, 0.2) is 23.0 Å². The minimum absolute atomic E-state index is 0.0765. The Bertz CT molecular complexity index is 1120. The molecule has 4 aromatic rings. The molecule has 1 aliphatic rings. The first-order chi connectivity index (χ1) is 13.0. The van der Waals surface area contributed by atoms with Gasteiger partial charge in [0.05, 0.1) is 15.9 Å². The lowest BCUT2D eigenvalue weighted by Gasteiger charge is -2.04. The molecule has 0 spiro atoms. The van der Waals surface area contributed by atoms with Crippen molar-refractivity contribution in [2.75, 3.05) is 5.32 Å². The van der Waals surface area contributed by atoms with E-state index in [2.05, 4.69) is 29.9 Å². The Morgan fingerprint density at radius 1 is 1.22 bits per heavy atom. The molecule has 0 fully saturated rings. The number of carbonyl (C=O) groups excluding carboxylic acids is 1. The summed E-state index contributed by atoms with van der Waals surface area (Å²) in [5.41, 5.74) is 0.794. The molecule has 0 atom stereocenters. The lowest BCUT2D eigenvalue weighted by atomic mass is 10.3. The van der Waals surface area contributed by atoms with Gasteiger partial charge in [-0.3, -0.25) is 10.1 Å². The number of aromatic amines is 1. The number of benzene rings is 1. The van der Waals surface area contributed by atoms with Gasteiger partial charge in [-0.05, 0) is 11.4 Å². The first-order valence-electron chi connectivity index (χ1n) is 7.58. The first-order valence-corrected chi connectivity index (χ1v) is 8.46. The molecule has 2 N–H and O–H groups in total. The number of H-pyrrole nitrogens is 1. The average molecular weight is 390 g/mol. The predicted molar refractivity (Wildman–Crippen MR) is 90.1 cm³/mol. The minimum Gasteiger partial charge on any atom is -0.395 e. The second-order valence-corrected chi connectivity index (χ2v) is 6.52. The van der Waals surface area contributed by atoms with Gasteiger partial charge in [0, 0.05) is 18.2 Å². The molecule has 8 nitrogen and oxygen atoms in total. The van der Waals surface area contributed by atoms with Crippen molar-refractivity contribution in [2.45, 2.75) is 6.29 Å². The molecule has 0 radical (unpaired) electrons. The standard InChI is InChI=1S/C16H8F2N4O4S/c17-16(18)24-10-4-7-8(5-11(10)25-16)20-15(19-7)21-14(23)9-6-12(26-22-9)13-2-1-3-27-13/h1-6H,(H2,19,20,21,23). The van der Waals surface area contributed by atoms with Crippen LogP contribution in [0, 0.1) is 0 Å². The number of nitrogens with one attached hydrogen (secondary N) is 2. The number of hydrogen-bond donors (Lipinski definition) is 2. The number of fused-ring (bicyclic) bond motifs is 2. The number of alkyl halides is 2. The number of nitrogens with zero attached hydrogens (tertiary/aromatic N) is 2. The van der Waals surface area contributed by atoms with Crippen molar-refractivity contribution in [3.63, 3.8) is 0 Å².